The Morgan fingerprint density at radius 2 is 1.68 bits per heavy atom. The van der Waals surface area contributed by atoms with E-state index in [0.29, 0.717) is 23.8 Å². The Morgan fingerprint density at radius 1 is 1.03 bits per heavy atom. The number of carboxylic acid groups (broad SMARTS) is 1. The van der Waals surface area contributed by atoms with Crippen molar-refractivity contribution < 1.29 is 43.9 Å². The molecule has 0 amide bonds. The number of aliphatic hydroxyl groups excluding tert-OH is 1. The van der Waals surface area contributed by atoms with Crippen LogP contribution in [0, 0.1) is 47.3 Å². The molecule has 8 atom stereocenters. The van der Waals surface area contributed by atoms with Crippen molar-refractivity contribution in [3.8, 4) is 0 Å². The van der Waals surface area contributed by atoms with Gasteiger partial charge in [0.15, 0.2) is 0 Å². The van der Waals surface area contributed by atoms with E-state index in [-0.39, 0.29) is 61.6 Å². The van der Waals surface area contributed by atoms with Gasteiger partial charge in [-0.25, -0.2) is 9.59 Å². The maximum atomic E-state index is 13.2. The first-order chi connectivity index (χ1) is 18.0. The van der Waals surface area contributed by atoms with Crippen molar-refractivity contribution in [3.63, 3.8) is 0 Å². The number of fused-ring (bicyclic) bond motifs is 2. The quantitative estimate of drug-likeness (QED) is 0.421. The second-order valence-electron chi connectivity index (χ2n) is 12.3. The van der Waals surface area contributed by atoms with Gasteiger partial charge in [-0.1, -0.05) is 39.8 Å². The number of carbonyl (C=O) groups excluding carboxylic acids is 2. The summed E-state index contributed by atoms with van der Waals surface area (Å²) in [6, 6.07) is 0. The Balaban J connectivity index is 1.53. The summed E-state index contributed by atoms with van der Waals surface area (Å²) in [6.45, 7) is 7.66. The van der Waals surface area contributed by atoms with Crippen molar-refractivity contribution >= 4 is 17.9 Å². The minimum Gasteiger partial charge on any atom is -0.478 e. The van der Waals surface area contributed by atoms with Crippen LogP contribution < -0.4 is 0 Å². The summed E-state index contributed by atoms with van der Waals surface area (Å²) in [4.78, 5) is 37.9. The molecule has 2 fully saturated rings. The lowest BCUT2D eigenvalue weighted by Crippen LogP contribution is -2.55. The number of carbonyl (C=O) groups is 3. The van der Waals surface area contributed by atoms with Gasteiger partial charge in [0, 0.05) is 18.4 Å². The monoisotopic (exact) mass is 534 g/mol. The fraction of sp³-hybridized carbons (Fsp3) is 0.759. The van der Waals surface area contributed by atoms with Crippen LogP contribution in [-0.4, -0.2) is 71.4 Å². The van der Waals surface area contributed by atoms with Gasteiger partial charge in [0.2, 0.25) is 0 Å². The van der Waals surface area contributed by atoms with Crippen LogP contribution in [0.15, 0.2) is 23.3 Å². The molecule has 4 rings (SSSR count). The lowest BCUT2D eigenvalue weighted by Gasteiger charge is -2.46. The second kappa shape index (κ2) is 11.5. The molecule has 2 saturated carbocycles. The van der Waals surface area contributed by atoms with Crippen molar-refractivity contribution in [1.29, 1.82) is 0 Å². The summed E-state index contributed by atoms with van der Waals surface area (Å²) in [6.07, 6.45) is 5.94. The highest BCUT2D eigenvalue weighted by Gasteiger charge is 2.54. The molecule has 3 N–H and O–H groups in total. The predicted molar refractivity (Wildman–Crippen MR) is 137 cm³/mol. The van der Waals surface area contributed by atoms with Crippen LogP contribution >= 0.6 is 0 Å². The van der Waals surface area contributed by atoms with Crippen molar-refractivity contribution in [2.45, 2.75) is 65.1 Å². The standard InChI is InChI=1S/C29H42O9/c1-15(2)20-6-5-17(11-30)25-23(20)10-19(13-36-25)27(33)38-14-29(35)8-7-21(16(3)4)22-9-18(26(31)32)12-37-28(34)24(22)29/h9-10,15-17,20-25,30,35H,5-8,11-14H2,1-4H3,(H,31,32). The summed E-state index contributed by atoms with van der Waals surface area (Å²) >= 11 is 0. The van der Waals surface area contributed by atoms with Crippen molar-refractivity contribution in [1.82, 2.24) is 0 Å². The van der Waals surface area contributed by atoms with Crippen LogP contribution in [-0.2, 0) is 28.6 Å². The third kappa shape index (κ3) is 5.56. The molecule has 9 nitrogen and oxygen atoms in total. The Hall–Kier alpha value is -2.23. The molecule has 4 aliphatic rings. The number of aliphatic hydroxyl groups is 2. The molecule has 0 spiro atoms. The average Bonchev–Trinajstić information content (AvgIpc) is 3.06. The molecule has 0 aromatic carbocycles. The van der Waals surface area contributed by atoms with E-state index in [2.05, 4.69) is 13.8 Å². The van der Waals surface area contributed by atoms with Crippen LogP contribution in [0.1, 0.15) is 53.4 Å². The van der Waals surface area contributed by atoms with Gasteiger partial charge in [0.25, 0.3) is 0 Å². The molecule has 0 bridgehead atoms. The SMILES string of the molecule is CC(C)C1CCC(CO)C2OCC(C(=O)OCC3(O)CCC(C(C)C)C4C=C(C(=O)O)COC(=O)C43)=CC12. The highest BCUT2D eigenvalue weighted by Crippen LogP contribution is 2.48. The predicted octanol–water partition coefficient (Wildman–Crippen LogP) is 2.74. The van der Waals surface area contributed by atoms with E-state index in [1.807, 2.05) is 19.9 Å². The van der Waals surface area contributed by atoms with Gasteiger partial charge in [0.1, 0.15) is 18.8 Å². The first kappa shape index (κ1) is 28.8. The number of carboxylic acids is 1. The number of hydrogen-bond acceptors (Lipinski definition) is 8. The number of ether oxygens (including phenoxy) is 3. The number of cyclic esters (lactones) is 1. The summed E-state index contributed by atoms with van der Waals surface area (Å²) in [7, 11) is 0. The lowest BCUT2D eigenvalue weighted by atomic mass is 9.61. The first-order valence-electron chi connectivity index (χ1n) is 13.9. The van der Waals surface area contributed by atoms with Crippen molar-refractivity contribution in [3.05, 3.63) is 23.3 Å². The number of rotatable bonds is 7. The minimum absolute atomic E-state index is 0.00909. The van der Waals surface area contributed by atoms with E-state index >= 15 is 0 Å². The maximum Gasteiger partial charge on any atom is 0.336 e. The molecular weight excluding hydrogens is 492 g/mol. The van der Waals surface area contributed by atoms with Gasteiger partial charge >= 0.3 is 17.9 Å². The molecule has 8 unspecified atom stereocenters. The topological polar surface area (TPSA) is 140 Å². The highest BCUT2D eigenvalue weighted by atomic mass is 16.6. The molecular formula is C29H42O9. The van der Waals surface area contributed by atoms with Crippen LogP contribution in [0.3, 0.4) is 0 Å². The Bertz CT molecular complexity index is 983. The van der Waals surface area contributed by atoms with Crippen LogP contribution in [0.25, 0.3) is 0 Å². The fourth-order valence-electron chi connectivity index (χ4n) is 7.19. The van der Waals surface area contributed by atoms with Gasteiger partial charge in [-0.2, -0.15) is 0 Å². The minimum atomic E-state index is -1.68. The summed E-state index contributed by atoms with van der Waals surface area (Å²) in [5, 5.41) is 31.1. The first-order valence-corrected chi connectivity index (χ1v) is 13.9. The van der Waals surface area contributed by atoms with E-state index in [9.17, 15) is 29.7 Å². The van der Waals surface area contributed by atoms with Gasteiger partial charge in [-0.05, 0) is 55.3 Å². The molecule has 2 heterocycles. The maximum absolute atomic E-state index is 13.2. The molecule has 0 saturated heterocycles. The average molecular weight is 535 g/mol. The summed E-state index contributed by atoms with van der Waals surface area (Å²) < 4.78 is 17.0. The fourth-order valence-corrected chi connectivity index (χ4v) is 7.19. The van der Waals surface area contributed by atoms with E-state index < -0.39 is 42.0 Å². The summed E-state index contributed by atoms with van der Waals surface area (Å²) in [5.41, 5.74) is -1.31. The van der Waals surface area contributed by atoms with Gasteiger partial charge in [0.05, 0.1) is 29.8 Å². The van der Waals surface area contributed by atoms with E-state index in [0.717, 1.165) is 12.8 Å². The lowest BCUT2D eigenvalue weighted by molar-refractivity contribution is -0.181. The van der Waals surface area contributed by atoms with Crippen LogP contribution in [0.5, 0.6) is 0 Å². The number of aliphatic carboxylic acids is 1. The largest absolute Gasteiger partial charge is 0.478 e. The summed E-state index contributed by atoms with van der Waals surface area (Å²) in [5.74, 6) is -3.17. The normalized spacial score (nSPS) is 37.4. The zero-order valence-corrected chi connectivity index (χ0v) is 22.8. The van der Waals surface area contributed by atoms with Crippen molar-refractivity contribution in [2.24, 2.45) is 47.3 Å². The van der Waals surface area contributed by atoms with E-state index in [1.54, 1.807) is 6.08 Å². The Kier molecular flexibility index (Phi) is 8.69. The third-order valence-corrected chi connectivity index (χ3v) is 9.36. The molecule has 2 aliphatic heterocycles. The molecule has 38 heavy (non-hydrogen) atoms. The molecule has 0 aromatic rings. The molecule has 0 aromatic heterocycles. The second-order valence-corrected chi connectivity index (χ2v) is 12.3. The number of hydrogen-bond donors (Lipinski definition) is 3. The molecule has 2 aliphatic carbocycles. The zero-order chi connectivity index (χ0) is 27.8. The third-order valence-electron chi connectivity index (χ3n) is 9.36. The van der Waals surface area contributed by atoms with Gasteiger partial charge in [-0.15, -0.1) is 0 Å². The van der Waals surface area contributed by atoms with Crippen LogP contribution in [0.4, 0.5) is 0 Å². The number of allylic oxidation sites excluding steroid dienone is 1. The number of esters is 2. The van der Waals surface area contributed by atoms with E-state index in [1.165, 1.54) is 0 Å². The van der Waals surface area contributed by atoms with Crippen LogP contribution in [0.2, 0.25) is 0 Å². The smallest absolute Gasteiger partial charge is 0.336 e. The van der Waals surface area contributed by atoms with Gasteiger partial charge < -0.3 is 29.5 Å². The molecule has 9 heteroatoms. The molecule has 212 valence electrons. The van der Waals surface area contributed by atoms with Crippen molar-refractivity contribution in [2.75, 3.05) is 26.4 Å². The Morgan fingerprint density at radius 3 is 2.32 bits per heavy atom. The Labute approximate surface area is 224 Å². The van der Waals surface area contributed by atoms with Gasteiger partial charge in [-0.3, -0.25) is 4.79 Å². The zero-order valence-electron chi connectivity index (χ0n) is 22.8. The highest BCUT2D eigenvalue weighted by molar-refractivity contribution is 5.89. The molecule has 0 radical (unpaired) electrons. The van der Waals surface area contributed by atoms with E-state index in [4.69, 9.17) is 14.2 Å².